The van der Waals surface area contributed by atoms with Crippen molar-refractivity contribution in [3.05, 3.63) is 29.8 Å². The standard InChI is InChI=1S/C10H9ClF2O2/c1-10(2,9(11)14)15-8-4-3-6(12)5-7(8)13/h3-5H,1-2H3. The molecule has 82 valence electrons. The van der Waals surface area contributed by atoms with Crippen LogP contribution in [-0.4, -0.2) is 10.8 Å². The minimum atomic E-state index is -1.35. The lowest BCUT2D eigenvalue weighted by atomic mass is 10.1. The van der Waals surface area contributed by atoms with E-state index in [9.17, 15) is 13.6 Å². The molecule has 1 rings (SSSR count). The van der Waals surface area contributed by atoms with Gasteiger partial charge in [-0.1, -0.05) is 0 Å². The molecule has 0 aliphatic heterocycles. The number of ether oxygens (including phenoxy) is 1. The van der Waals surface area contributed by atoms with Crippen LogP contribution in [0.4, 0.5) is 8.78 Å². The van der Waals surface area contributed by atoms with Gasteiger partial charge < -0.3 is 4.74 Å². The second kappa shape index (κ2) is 4.14. The highest BCUT2D eigenvalue weighted by atomic mass is 35.5. The van der Waals surface area contributed by atoms with Gasteiger partial charge >= 0.3 is 0 Å². The molecule has 0 aliphatic carbocycles. The van der Waals surface area contributed by atoms with Crippen molar-refractivity contribution in [2.75, 3.05) is 0 Å². The molecule has 0 saturated heterocycles. The summed E-state index contributed by atoms with van der Waals surface area (Å²) >= 11 is 5.24. The summed E-state index contributed by atoms with van der Waals surface area (Å²) in [6, 6.07) is 2.81. The fourth-order valence-corrected chi connectivity index (χ4v) is 0.912. The van der Waals surface area contributed by atoms with Gasteiger partial charge in [0.05, 0.1) is 0 Å². The number of rotatable bonds is 3. The third-order valence-corrected chi connectivity index (χ3v) is 2.19. The Bertz CT molecular complexity index is 391. The molecular formula is C10H9ClF2O2. The van der Waals surface area contributed by atoms with Crippen molar-refractivity contribution in [2.24, 2.45) is 0 Å². The predicted octanol–water partition coefficient (Wildman–Crippen LogP) is 2.89. The maximum absolute atomic E-state index is 13.1. The van der Waals surface area contributed by atoms with Crippen LogP contribution in [-0.2, 0) is 4.79 Å². The van der Waals surface area contributed by atoms with Crippen LogP contribution >= 0.6 is 11.6 Å². The van der Waals surface area contributed by atoms with Crippen molar-refractivity contribution < 1.29 is 18.3 Å². The zero-order valence-electron chi connectivity index (χ0n) is 8.18. The van der Waals surface area contributed by atoms with Crippen LogP contribution in [0.25, 0.3) is 0 Å². The third kappa shape index (κ3) is 2.89. The van der Waals surface area contributed by atoms with Crippen molar-refractivity contribution in [1.29, 1.82) is 0 Å². The minimum absolute atomic E-state index is 0.213. The SMILES string of the molecule is CC(C)(Oc1ccc(F)cc1F)C(=O)Cl. The van der Waals surface area contributed by atoms with Gasteiger partial charge in [-0.05, 0) is 37.6 Å². The highest BCUT2D eigenvalue weighted by Gasteiger charge is 2.29. The Morgan fingerprint density at radius 2 is 2.00 bits per heavy atom. The monoisotopic (exact) mass is 234 g/mol. The number of carbonyl (C=O) groups is 1. The van der Waals surface area contributed by atoms with E-state index in [0.29, 0.717) is 6.07 Å². The van der Waals surface area contributed by atoms with Crippen molar-refractivity contribution in [3.8, 4) is 5.75 Å². The highest BCUT2D eigenvalue weighted by Crippen LogP contribution is 2.24. The molecular weight excluding hydrogens is 226 g/mol. The summed E-state index contributed by atoms with van der Waals surface area (Å²) in [5, 5.41) is -0.758. The number of hydrogen-bond acceptors (Lipinski definition) is 2. The molecule has 1 aromatic carbocycles. The molecule has 5 heteroatoms. The van der Waals surface area contributed by atoms with E-state index in [2.05, 4.69) is 0 Å². The van der Waals surface area contributed by atoms with Crippen molar-refractivity contribution in [1.82, 2.24) is 0 Å². The summed E-state index contributed by atoms with van der Waals surface area (Å²) in [5.74, 6) is -1.80. The topological polar surface area (TPSA) is 26.3 Å². The van der Waals surface area contributed by atoms with Crippen molar-refractivity contribution in [2.45, 2.75) is 19.4 Å². The molecule has 0 saturated carbocycles. The molecule has 0 aromatic heterocycles. The maximum Gasteiger partial charge on any atom is 0.264 e. The molecule has 0 N–H and O–H groups in total. The minimum Gasteiger partial charge on any atom is -0.476 e. The summed E-state index contributed by atoms with van der Waals surface area (Å²) in [7, 11) is 0. The first-order chi connectivity index (χ1) is 6.83. The molecule has 0 bridgehead atoms. The van der Waals surface area contributed by atoms with Gasteiger partial charge in [0.2, 0.25) is 0 Å². The zero-order chi connectivity index (χ0) is 11.6. The van der Waals surface area contributed by atoms with Crippen LogP contribution in [0.3, 0.4) is 0 Å². The summed E-state index contributed by atoms with van der Waals surface area (Å²) in [5.41, 5.74) is -1.35. The van der Waals surface area contributed by atoms with Crippen LogP contribution < -0.4 is 4.74 Å². The first-order valence-corrected chi connectivity index (χ1v) is 4.55. The lowest BCUT2D eigenvalue weighted by molar-refractivity contribution is -0.123. The van der Waals surface area contributed by atoms with Crippen LogP contribution in [0.5, 0.6) is 5.75 Å². The summed E-state index contributed by atoms with van der Waals surface area (Å²) in [6.07, 6.45) is 0. The molecule has 0 aliphatic rings. The van der Waals surface area contributed by atoms with E-state index in [1.165, 1.54) is 13.8 Å². The van der Waals surface area contributed by atoms with E-state index in [0.717, 1.165) is 12.1 Å². The maximum atomic E-state index is 13.1. The number of benzene rings is 1. The lowest BCUT2D eigenvalue weighted by Gasteiger charge is -2.22. The quantitative estimate of drug-likeness (QED) is 0.752. The Labute approximate surface area is 90.8 Å². The van der Waals surface area contributed by atoms with E-state index < -0.39 is 22.5 Å². The van der Waals surface area contributed by atoms with Crippen LogP contribution in [0.15, 0.2) is 18.2 Å². The highest BCUT2D eigenvalue weighted by molar-refractivity contribution is 6.65. The molecule has 0 spiro atoms. The summed E-state index contributed by atoms with van der Waals surface area (Å²) < 4.78 is 30.7. The molecule has 15 heavy (non-hydrogen) atoms. The van der Waals surface area contributed by atoms with Crippen molar-refractivity contribution >= 4 is 16.8 Å². The van der Waals surface area contributed by atoms with Gasteiger partial charge in [-0.2, -0.15) is 0 Å². The van der Waals surface area contributed by atoms with Crippen LogP contribution in [0.2, 0.25) is 0 Å². The molecule has 1 aromatic rings. The Balaban J connectivity index is 2.95. The van der Waals surface area contributed by atoms with Gasteiger partial charge in [-0.3, -0.25) is 4.79 Å². The Hall–Kier alpha value is -1.16. The fourth-order valence-electron chi connectivity index (χ4n) is 0.873. The molecule has 0 amide bonds. The molecule has 0 fully saturated rings. The average Bonchev–Trinajstić information content (AvgIpc) is 2.09. The smallest absolute Gasteiger partial charge is 0.264 e. The second-order valence-electron chi connectivity index (χ2n) is 3.46. The summed E-state index contributed by atoms with van der Waals surface area (Å²) in [4.78, 5) is 10.9. The molecule has 2 nitrogen and oxygen atoms in total. The predicted molar refractivity (Wildman–Crippen MR) is 51.9 cm³/mol. The fraction of sp³-hybridized carbons (Fsp3) is 0.300. The van der Waals surface area contributed by atoms with E-state index in [1.54, 1.807) is 0 Å². The van der Waals surface area contributed by atoms with Crippen LogP contribution in [0, 0.1) is 11.6 Å². The van der Waals surface area contributed by atoms with Gasteiger partial charge in [0.1, 0.15) is 5.82 Å². The van der Waals surface area contributed by atoms with Crippen LogP contribution in [0.1, 0.15) is 13.8 Å². The summed E-state index contributed by atoms with van der Waals surface area (Å²) in [6.45, 7) is 2.79. The Kier molecular flexibility index (Phi) is 3.29. The first kappa shape index (κ1) is 11.9. The molecule has 0 radical (unpaired) electrons. The van der Waals surface area contributed by atoms with E-state index >= 15 is 0 Å². The largest absolute Gasteiger partial charge is 0.476 e. The van der Waals surface area contributed by atoms with E-state index in [1.807, 2.05) is 0 Å². The van der Waals surface area contributed by atoms with Gasteiger partial charge in [0.15, 0.2) is 17.2 Å². The molecule has 0 atom stereocenters. The normalized spacial score (nSPS) is 11.3. The van der Waals surface area contributed by atoms with Gasteiger partial charge in [-0.25, -0.2) is 8.78 Å². The number of halogens is 3. The van der Waals surface area contributed by atoms with Gasteiger partial charge in [-0.15, -0.1) is 0 Å². The second-order valence-corrected chi connectivity index (χ2v) is 3.80. The number of hydrogen-bond donors (Lipinski definition) is 0. The van der Waals surface area contributed by atoms with Crippen molar-refractivity contribution in [3.63, 3.8) is 0 Å². The van der Waals surface area contributed by atoms with Gasteiger partial charge in [0, 0.05) is 6.07 Å². The molecule has 0 unspecified atom stereocenters. The third-order valence-electron chi connectivity index (χ3n) is 1.73. The Morgan fingerprint density at radius 1 is 1.40 bits per heavy atom. The average molecular weight is 235 g/mol. The first-order valence-electron chi connectivity index (χ1n) is 4.17. The lowest BCUT2D eigenvalue weighted by Crippen LogP contribution is -2.35. The van der Waals surface area contributed by atoms with E-state index in [-0.39, 0.29) is 5.75 Å². The molecule has 0 heterocycles. The van der Waals surface area contributed by atoms with E-state index in [4.69, 9.17) is 16.3 Å². The zero-order valence-corrected chi connectivity index (χ0v) is 8.94. The number of carbonyl (C=O) groups excluding carboxylic acids is 1. The van der Waals surface area contributed by atoms with Gasteiger partial charge in [0.25, 0.3) is 5.24 Å². The Morgan fingerprint density at radius 3 is 2.47 bits per heavy atom.